The van der Waals surface area contributed by atoms with Crippen molar-refractivity contribution in [1.29, 1.82) is 0 Å². The van der Waals surface area contributed by atoms with E-state index < -0.39 is 0 Å². The second kappa shape index (κ2) is 6.66. The van der Waals surface area contributed by atoms with E-state index in [1.54, 1.807) is 12.1 Å². The minimum absolute atomic E-state index is 0.200. The summed E-state index contributed by atoms with van der Waals surface area (Å²) in [6.07, 6.45) is 2.66. The first-order chi connectivity index (χ1) is 14.3. The number of benzene rings is 2. The summed E-state index contributed by atoms with van der Waals surface area (Å²) in [7, 11) is 0. The number of hydrogen-bond acceptors (Lipinski definition) is 3. The van der Waals surface area contributed by atoms with Gasteiger partial charge in [-0.2, -0.15) is 5.10 Å². The van der Waals surface area contributed by atoms with Gasteiger partial charge in [0.1, 0.15) is 17.4 Å². The number of aryl methyl sites for hydroxylation is 1. The first-order valence-electron chi connectivity index (χ1n) is 10.3. The van der Waals surface area contributed by atoms with Gasteiger partial charge in [0, 0.05) is 23.6 Å². The molecule has 0 fully saturated rings. The maximum absolute atomic E-state index is 13.7. The minimum Gasteiger partial charge on any atom is -0.343 e. The zero-order valence-corrected chi connectivity index (χ0v) is 17.3. The van der Waals surface area contributed by atoms with Crippen LogP contribution in [0.2, 0.25) is 0 Å². The smallest absolute Gasteiger partial charge is 0.143 e. The molecule has 2 heterocycles. The highest BCUT2D eigenvalue weighted by atomic mass is 19.1. The van der Waals surface area contributed by atoms with Crippen molar-refractivity contribution in [2.75, 3.05) is 5.32 Å². The highest BCUT2D eigenvalue weighted by Gasteiger charge is 2.46. The molecule has 0 unspecified atom stereocenters. The average Bonchev–Trinajstić information content (AvgIpc) is 3.03. The van der Waals surface area contributed by atoms with Crippen molar-refractivity contribution in [3.05, 3.63) is 89.0 Å². The van der Waals surface area contributed by atoms with Crippen LogP contribution in [0, 0.1) is 24.1 Å². The van der Waals surface area contributed by atoms with Gasteiger partial charge < -0.3 is 5.32 Å². The molecular formula is C25H24FN3O. The highest BCUT2D eigenvalue weighted by molar-refractivity contribution is 5.90. The summed E-state index contributed by atoms with van der Waals surface area (Å²) in [5.41, 5.74) is 4.45. The number of carbonyl (C=O) groups excluding carboxylic acids is 1. The van der Waals surface area contributed by atoms with Crippen molar-refractivity contribution in [2.45, 2.75) is 33.1 Å². The lowest BCUT2D eigenvalue weighted by Gasteiger charge is -2.40. The molecule has 1 aliphatic heterocycles. The van der Waals surface area contributed by atoms with Gasteiger partial charge in [-0.15, -0.1) is 0 Å². The molecule has 1 aliphatic carbocycles. The van der Waals surface area contributed by atoms with Crippen LogP contribution < -0.4 is 5.32 Å². The highest BCUT2D eigenvalue weighted by Crippen LogP contribution is 2.50. The number of aromatic nitrogens is 2. The van der Waals surface area contributed by atoms with Crippen LogP contribution in [0.3, 0.4) is 0 Å². The van der Waals surface area contributed by atoms with E-state index in [9.17, 15) is 9.18 Å². The van der Waals surface area contributed by atoms with Crippen LogP contribution in [0.15, 0.2) is 66.4 Å². The Kier molecular flexibility index (Phi) is 4.17. The fourth-order valence-electron chi connectivity index (χ4n) is 4.89. The second-order valence-corrected chi connectivity index (χ2v) is 8.96. The van der Waals surface area contributed by atoms with Crippen LogP contribution in [-0.4, -0.2) is 15.6 Å². The Morgan fingerprint density at radius 1 is 1.07 bits per heavy atom. The van der Waals surface area contributed by atoms with Crippen molar-refractivity contribution in [2.24, 2.45) is 11.3 Å². The Morgan fingerprint density at radius 2 is 1.77 bits per heavy atom. The summed E-state index contributed by atoms with van der Waals surface area (Å²) in [5.74, 6) is 0.284. The molecule has 152 valence electrons. The number of ketones is 1. The van der Waals surface area contributed by atoms with Crippen molar-refractivity contribution < 1.29 is 9.18 Å². The molecule has 2 aromatic carbocycles. The maximum atomic E-state index is 13.7. The number of fused-ring (bicyclic) bond motifs is 2. The third kappa shape index (κ3) is 2.96. The van der Waals surface area contributed by atoms with Gasteiger partial charge in [-0.3, -0.25) is 4.79 Å². The molecule has 1 N–H and O–H groups in total. The van der Waals surface area contributed by atoms with Crippen LogP contribution in [-0.2, 0) is 4.79 Å². The van der Waals surface area contributed by atoms with Crippen molar-refractivity contribution in [3.63, 3.8) is 0 Å². The van der Waals surface area contributed by atoms with Crippen LogP contribution in [0.25, 0.3) is 5.69 Å². The molecule has 0 amide bonds. The zero-order valence-electron chi connectivity index (χ0n) is 17.3. The van der Waals surface area contributed by atoms with Crippen LogP contribution in [0.5, 0.6) is 0 Å². The minimum atomic E-state index is -0.317. The van der Waals surface area contributed by atoms with Crippen LogP contribution in [0.1, 0.15) is 43.0 Å². The molecule has 0 bridgehead atoms. The van der Waals surface area contributed by atoms with Crippen molar-refractivity contribution in [1.82, 2.24) is 9.78 Å². The van der Waals surface area contributed by atoms with E-state index in [0.29, 0.717) is 6.42 Å². The van der Waals surface area contributed by atoms with Gasteiger partial charge in [-0.25, -0.2) is 9.07 Å². The lowest BCUT2D eigenvalue weighted by Crippen LogP contribution is -2.39. The molecule has 3 aromatic rings. The monoisotopic (exact) mass is 401 g/mol. The number of Topliss-reactive ketones (excluding diaryl/α,β-unsaturated/α-hetero) is 1. The molecule has 5 heteroatoms. The van der Waals surface area contributed by atoms with Crippen LogP contribution >= 0.6 is 0 Å². The molecular weight excluding hydrogens is 377 g/mol. The normalized spacial score (nSPS) is 22.0. The predicted molar refractivity (Wildman–Crippen MR) is 115 cm³/mol. The summed E-state index contributed by atoms with van der Waals surface area (Å²) >= 11 is 0. The molecule has 0 saturated carbocycles. The number of allylic oxidation sites excluding steroid dienone is 2. The van der Waals surface area contributed by atoms with E-state index in [0.717, 1.165) is 34.0 Å². The fraction of sp³-hybridized carbons (Fsp3) is 0.280. The van der Waals surface area contributed by atoms with Crippen molar-refractivity contribution >= 4 is 11.6 Å². The third-order valence-electron chi connectivity index (χ3n) is 6.10. The Labute approximate surface area is 175 Å². The van der Waals surface area contributed by atoms with E-state index in [4.69, 9.17) is 5.10 Å². The number of anilines is 1. The third-order valence-corrected chi connectivity index (χ3v) is 6.10. The maximum Gasteiger partial charge on any atom is 0.143 e. The number of nitrogens with one attached hydrogen (secondary N) is 1. The van der Waals surface area contributed by atoms with Crippen LogP contribution in [0.4, 0.5) is 10.2 Å². The Balaban J connectivity index is 1.76. The number of rotatable bonds is 2. The van der Waals surface area contributed by atoms with Gasteiger partial charge >= 0.3 is 0 Å². The van der Waals surface area contributed by atoms with E-state index in [1.807, 2.05) is 41.9 Å². The summed E-state index contributed by atoms with van der Waals surface area (Å²) < 4.78 is 15.6. The van der Waals surface area contributed by atoms with Gasteiger partial charge in [-0.1, -0.05) is 50.3 Å². The SMILES string of the molecule is Cc1nn(-c2ccccc2)c2c1[C@@H](c1ccc(F)cc1)[C@@H]1C(=O)CC(C)(C)C=C1N2. The fourth-order valence-corrected chi connectivity index (χ4v) is 4.89. The average molecular weight is 401 g/mol. The Hall–Kier alpha value is -3.21. The molecule has 0 saturated heterocycles. The number of para-hydroxylation sites is 1. The first-order valence-corrected chi connectivity index (χ1v) is 10.3. The number of nitrogens with zero attached hydrogens (tertiary/aromatic N) is 2. The molecule has 0 spiro atoms. The summed E-state index contributed by atoms with van der Waals surface area (Å²) in [6, 6.07) is 16.5. The molecule has 2 atom stereocenters. The van der Waals surface area contributed by atoms with Gasteiger partial charge in [-0.05, 0) is 42.2 Å². The lowest BCUT2D eigenvalue weighted by molar-refractivity contribution is -0.124. The van der Waals surface area contributed by atoms with E-state index in [1.165, 1.54) is 12.1 Å². The largest absolute Gasteiger partial charge is 0.343 e. The standard InChI is InChI=1S/C25H24FN3O/c1-15-21-22(16-9-11-17(26)12-10-16)23-19(13-25(2,3)14-20(23)30)27-24(21)29(28-15)18-7-5-4-6-8-18/h4-13,22-23,27H,14H2,1-3H3/t22-,23+/m1/s1. The quantitative estimate of drug-likeness (QED) is 0.627. The number of carbonyl (C=O) groups is 1. The summed E-state index contributed by atoms with van der Waals surface area (Å²) in [4.78, 5) is 13.3. The first kappa shape index (κ1) is 18.8. The van der Waals surface area contributed by atoms with Gasteiger partial charge in [0.15, 0.2) is 0 Å². The molecule has 30 heavy (non-hydrogen) atoms. The number of halogens is 1. The Morgan fingerprint density at radius 3 is 2.47 bits per heavy atom. The summed E-state index contributed by atoms with van der Waals surface area (Å²) in [5, 5.41) is 8.37. The molecule has 0 radical (unpaired) electrons. The lowest BCUT2D eigenvalue weighted by atomic mass is 9.67. The predicted octanol–water partition coefficient (Wildman–Crippen LogP) is 5.38. The molecule has 4 nitrogen and oxygen atoms in total. The second-order valence-electron chi connectivity index (χ2n) is 8.96. The zero-order chi connectivity index (χ0) is 21.0. The van der Waals surface area contributed by atoms with Gasteiger partial charge in [0.2, 0.25) is 0 Å². The molecule has 1 aromatic heterocycles. The number of hydrogen-bond donors (Lipinski definition) is 1. The molecule has 2 aliphatic rings. The van der Waals surface area contributed by atoms with E-state index in [-0.39, 0.29) is 28.9 Å². The Bertz CT molecular complexity index is 1160. The topological polar surface area (TPSA) is 46.9 Å². The van der Waals surface area contributed by atoms with Gasteiger partial charge in [0.25, 0.3) is 0 Å². The van der Waals surface area contributed by atoms with E-state index >= 15 is 0 Å². The van der Waals surface area contributed by atoms with E-state index in [2.05, 4.69) is 25.2 Å². The van der Waals surface area contributed by atoms with Crippen molar-refractivity contribution in [3.8, 4) is 5.69 Å². The molecule has 5 rings (SSSR count). The van der Waals surface area contributed by atoms with Gasteiger partial charge in [0.05, 0.1) is 17.3 Å². The summed E-state index contributed by atoms with van der Waals surface area (Å²) in [6.45, 7) is 6.14.